The summed E-state index contributed by atoms with van der Waals surface area (Å²) in [4.78, 5) is 15.1. The fraction of sp³-hybridized carbons (Fsp3) is 0.200. The number of nitrogens with zero attached hydrogens (tertiary/aromatic N) is 2. The van der Waals surface area contributed by atoms with Crippen LogP contribution in [-0.4, -0.2) is 20.6 Å². The third-order valence-electron chi connectivity index (χ3n) is 2.20. The lowest BCUT2D eigenvalue weighted by Crippen LogP contribution is -1.94. The molecular formula is C10H10N2O2. The molecule has 0 aliphatic heterocycles. The largest absolute Gasteiger partial charge is 0.478 e. The highest BCUT2D eigenvalue weighted by atomic mass is 16.4. The number of carboxylic acid groups (broad SMARTS) is 1. The molecule has 0 aliphatic rings. The predicted molar refractivity (Wildman–Crippen MR) is 52.4 cm³/mol. The van der Waals surface area contributed by atoms with Crippen LogP contribution in [0.25, 0.3) is 11.0 Å². The fourth-order valence-electron chi connectivity index (χ4n) is 1.53. The Morgan fingerprint density at radius 1 is 1.64 bits per heavy atom. The predicted octanol–water partition coefficient (Wildman–Crippen LogP) is 1.75. The maximum absolute atomic E-state index is 10.9. The molecule has 14 heavy (non-hydrogen) atoms. The summed E-state index contributed by atoms with van der Waals surface area (Å²) in [5.41, 5.74) is 1.04. The summed E-state index contributed by atoms with van der Waals surface area (Å²) < 4.78 is 1.83. The molecule has 72 valence electrons. The second-order valence-electron chi connectivity index (χ2n) is 3.01. The number of fused-ring (bicyclic) bond motifs is 1. The van der Waals surface area contributed by atoms with Gasteiger partial charge in [-0.25, -0.2) is 9.78 Å². The third kappa shape index (κ3) is 1.16. The minimum absolute atomic E-state index is 0.315. The first-order chi connectivity index (χ1) is 6.74. The summed E-state index contributed by atoms with van der Waals surface area (Å²) in [5, 5.41) is 9.65. The van der Waals surface area contributed by atoms with Crippen LogP contribution in [0.15, 0.2) is 24.5 Å². The molecule has 2 rings (SSSR count). The van der Waals surface area contributed by atoms with E-state index in [4.69, 9.17) is 5.11 Å². The van der Waals surface area contributed by atoms with E-state index in [1.165, 1.54) is 0 Å². The van der Waals surface area contributed by atoms with E-state index in [1.807, 2.05) is 11.5 Å². The van der Waals surface area contributed by atoms with Crippen molar-refractivity contribution in [1.82, 2.24) is 9.55 Å². The molecule has 0 atom stereocenters. The van der Waals surface area contributed by atoms with Crippen LogP contribution in [0.3, 0.4) is 0 Å². The van der Waals surface area contributed by atoms with Gasteiger partial charge in [0.05, 0.1) is 5.56 Å². The molecule has 0 aromatic carbocycles. The van der Waals surface area contributed by atoms with Crippen LogP contribution in [0.2, 0.25) is 0 Å². The number of aromatic carboxylic acids is 1. The molecule has 0 amide bonds. The number of aryl methyl sites for hydroxylation is 1. The van der Waals surface area contributed by atoms with Gasteiger partial charge >= 0.3 is 5.97 Å². The number of carboxylic acids is 1. The van der Waals surface area contributed by atoms with E-state index in [2.05, 4.69) is 4.98 Å². The van der Waals surface area contributed by atoms with Crippen molar-refractivity contribution >= 4 is 17.0 Å². The molecule has 1 N–H and O–H groups in total. The first kappa shape index (κ1) is 8.74. The van der Waals surface area contributed by atoms with Crippen LogP contribution in [0.4, 0.5) is 0 Å². The summed E-state index contributed by atoms with van der Waals surface area (Å²) in [6, 6.07) is 3.52. The molecule has 0 unspecified atom stereocenters. The summed E-state index contributed by atoms with van der Waals surface area (Å²) in [6.07, 6.45) is 3.29. The molecule has 0 aliphatic carbocycles. The van der Waals surface area contributed by atoms with Crippen molar-refractivity contribution in [1.29, 1.82) is 0 Å². The summed E-state index contributed by atoms with van der Waals surface area (Å²) >= 11 is 0. The van der Waals surface area contributed by atoms with Crippen molar-refractivity contribution in [3.8, 4) is 0 Å². The van der Waals surface area contributed by atoms with E-state index in [1.54, 1.807) is 24.5 Å². The maximum atomic E-state index is 10.9. The van der Waals surface area contributed by atoms with Crippen LogP contribution in [-0.2, 0) is 6.54 Å². The molecule has 2 heterocycles. The maximum Gasteiger partial charge on any atom is 0.337 e. The number of hydrogen-bond donors (Lipinski definition) is 1. The zero-order chi connectivity index (χ0) is 10.1. The van der Waals surface area contributed by atoms with Gasteiger partial charge in [-0.15, -0.1) is 0 Å². The first-order valence-corrected chi connectivity index (χ1v) is 4.41. The first-order valence-electron chi connectivity index (χ1n) is 4.41. The van der Waals surface area contributed by atoms with Gasteiger partial charge in [0.2, 0.25) is 0 Å². The van der Waals surface area contributed by atoms with E-state index in [0.29, 0.717) is 10.9 Å². The smallest absolute Gasteiger partial charge is 0.337 e. The van der Waals surface area contributed by atoms with E-state index >= 15 is 0 Å². The van der Waals surface area contributed by atoms with Gasteiger partial charge < -0.3 is 9.67 Å². The van der Waals surface area contributed by atoms with Gasteiger partial charge in [-0.3, -0.25) is 0 Å². The summed E-state index contributed by atoms with van der Waals surface area (Å²) in [5.74, 6) is -0.907. The van der Waals surface area contributed by atoms with E-state index in [9.17, 15) is 4.79 Å². The molecule has 4 heteroatoms. The standard InChI is InChI=1S/C10H10N2O2/c1-2-12-6-8(10(13)14)7-4-3-5-11-9(7)12/h3-6H,2H2,1H3,(H,13,14). The van der Waals surface area contributed by atoms with Gasteiger partial charge in [0, 0.05) is 24.3 Å². The second kappa shape index (κ2) is 3.14. The Bertz CT molecular complexity index is 488. The number of rotatable bonds is 2. The molecule has 0 saturated carbocycles. The average Bonchev–Trinajstić information content (AvgIpc) is 2.56. The summed E-state index contributed by atoms with van der Waals surface area (Å²) in [7, 11) is 0. The van der Waals surface area contributed by atoms with Crippen molar-refractivity contribution in [3.05, 3.63) is 30.1 Å². The molecule has 2 aromatic rings. The third-order valence-corrected chi connectivity index (χ3v) is 2.20. The highest BCUT2D eigenvalue weighted by molar-refractivity contribution is 6.02. The lowest BCUT2D eigenvalue weighted by atomic mass is 10.2. The number of hydrogen-bond acceptors (Lipinski definition) is 2. The number of aromatic nitrogens is 2. The fourth-order valence-corrected chi connectivity index (χ4v) is 1.53. The van der Waals surface area contributed by atoms with Crippen molar-refractivity contribution in [2.24, 2.45) is 0 Å². The molecule has 2 aromatic heterocycles. The molecule has 0 saturated heterocycles. The Kier molecular flexibility index (Phi) is 1.96. The second-order valence-corrected chi connectivity index (χ2v) is 3.01. The van der Waals surface area contributed by atoms with Crippen LogP contribution < -0.4 is 0 Å². The van der Waals surface area contributed by atoms with Gasteiger partial charge in [-0.1, -0.05) is 0 Å². The molecule has 0 radical (unpaired) electrons. The highest BCUT2D eigenvalue weighted by Crippen LogP contribution is 2.18. The van der Waals surface area contributed by atoms with E-state index in [-0.39, 0.29) is 0 Å². The number of carbonyl (C=O) groups is 1. The summed E-state index contributed by atoms with van der Waals surface area (Å²) in [6.45, 7) is 2.68. The molecule has 0 bridgehead atoms. The zero-order valence-electron chi connectivity index (χ0n) is 7.77. The van der Waals surface area contributed by atoms with Crippen LogP contribution in [0, 0.1) is 0 Å². The van der Waals surface area contributed by atoms with Crippen LogP contribution >= 0.6 is 0 Å². The Hall–Kier alpha value is -1.84. The van der Waals surface area contributed by atoms with E-state index in [0.717, 1.165) is 12.2 Å². The normalized spacial score (nSPS) is 10.6. The molecule has 4 nitrogen and oxygen atoms in total. The Morgan fingerprint density at radius 3 is 3.07 bits per heavy atom. The van der Waals surface area contributed by atoms with Gasteiger partial charge in [0.1, 0.15) is 5.65 Å². The van der Waals surface area contributed by atoms with Crippen LogP contribution in [0.1, 0.15) is 17.3 Å². The molecular weight excluding hydrogens is 180 g/mol. The van der Waals surface area contributed by atoms with Gasteiger partial charge in [-0.05, 0) is 19.1 Å². The average molecular weight is 190 g/mol. The lowest BCUT2D eigenvalue weighted by Gasteiger charge is -1.96. The van der Waals surface area contributed by atoms with Crippen molar-refractivity contribution in [2.45, 2.75) is 13.5 Å². The van der Waals surface area contributed by atoms with Crippen molar-refractivity contribution in [2.75, 3.05) is 0 Å². The molecule has 0 spiro atoms. The SMILES string of the molecule is CCn1cc(C(=O)O)c2cccnc21. The van der Waals surface area contributed by atoms with Gasteiger partial charge in [-0.2, -0.15) is 0 Å². The minimum Gasteiger partial charge on any atom is -0.478 e. The Morgan fingerprint density at radius 2 is 2.43 bits per heavy atom. The van der Waals surface area contributed by atoms with Crippen molar-refractivity contribution in [3.63, 3.8) is 0 Å². The zero-order valence-corrected chi connectivity index (χ0v) is 7.77. The monoisotopic (exact) mass is 190 g/mol. The Labute approximate surface area is 80.8 Å². The Balaban J connectivity index is 2.80. The highest BCUT2D eigenvalue weighted by Gasteiger charge is 2.13. The van der Waals surface area contributed by atoms with Crippen molar-refractivity contribution < 1.29 is 9.90 Å². The minimum atomic E-state index is -0.907. The van der Waals surface area contributed by atoms with Crippen LogP contribution in [0.5, 0.6) is 0 Å². The van der Waals surface area contributed by atoms with E-state index < -0.39 is 5.97 Å². The topological polar surface area (TPSA) is 55.1 Å². The molecule has 0 fully saturated rings. The lowest BCUT2D eigenvalue weighted by molar-refractivity contribution is 0.0699. The number of pyridine rings is 1. The quantitative estimate of drug-likeness (QED) is 0.784. The van der Waals surface area contributed by atoms with Gasteiger partial charge in [0.25, 0.3) is 0 Å². The van der Waals surface area contributed by atoms with Gasteiger partial charge in [0.15, 0.2) is 0 Å².